The summed E-state index contributed by atoms with van der Waals surface area (Å²) in [6.07, 6.45) is 3.68. The molecule has 0 aliphatic rings. The molecule has 8 nitrogen and oxygen atoms in total. The Morgan fingerprint density at radius 3 is 2.62 bits per heavy atom. The molecule has 1 aromatic carbocycles. The minimum absolute atomic E-state index is 0.0269. The van der Waals surface area contributed by atoms with Gasteiger partial charge in [-0.15, -0.1) is 6.58 Å². The van der Waals surface area contributed by atoms with E-state index in [2.05, 4.69) is 6.58 Å². The minimum atomic E-state index is -4.60. The quantitative estimate of drug-likeness (QED) is 0.208. The standard InChI is InChI=1S/C15H20N2O6S/c1-3-4-5-6-11-23-15(18)12-16(2)24(21,22)14-9-7-13(8-10-14)17(19)20/h3,7-10H,1,4-6,11-12H2,2H3/i2D3. The number of non-ortho nitro benzene ring substituents is 1. The van der Waals surface area contributed by atoms with Crippen LogP contribution in [0.2, 0.25) is 0 Å². The molecule has 0 amide bonds. The molecule has 1 aromatic rings. The Labute approximate surface area is 145 Å². The van der Waals surface area contributed by atoms with Gasteiger partial charge in [-0.25, -0.2) is 8.42 Å². The van der Waals surface area contributed by atoms with Gasteiger partial charge in [-0.2, -0.15) is 4.31 Å². The Kier molecular flexibility index (Phi) is 5.82. The Morgan fingerprint density at radius 1 is 1.42 bits per heavy atom. The zero-order valence-electron chi connectivity index (χ0n) is 15.9. The maximum atomic E-state index is 12.6. The molecule has 0 aliphatic heterocycles. The summed E-state index contributed by atoms with van der Waals surface area (Å²) in [7, 11) is -4.60. The Balaban J connectivity index is 2.93. The van der Waals surface area contributed by atoms with E-state index < -0.39 is 39.3 Å². The predicted molar refractivity (Wildman–Crippen MR) is 87.9 cm³/mol. The second-order valence-electron chi connectivity index (χ2n) is 4.77. The lowest BCUT2D eigenvalue weighted by molar-refractivity contribution is -0.384. The van der Waals surface area contributed by atoms with Gasteiger partial charge in [0.15, 0.2) is 0 Å². The van der Waals surface area contributed by atoms with E-state index in [1.165, 1.54) is 0 Å². The molecule has 0 aromatic heterocycles. The van der Waals surface area contributed by atoms with E-state index in [4.69, 9.17) is 8.85 Å². The van der Waals surface area contributed by atoms with Crippen molar-refractivity contribution in [3.8, 4) is 0 Å². The molecular weight excluding hydrogens is 336 g/mol. The van der Waals surface area contributed by atoms with Crippen LogP contribution in [0, 0.1) is 10.1 Å². The lowest BCUT2D eigenvalue weighted by Gasteiger charge is -2.16. The first kappa shape index (κ1) is 15.3. The summed E-state index contributed by atoms with van der Waals surface area (Å²) in [5.41, 5.74) is -0.353. The van der Waals surface area contributed by atoms with Crippen LogP contribution in [0.4, 0.5) is 5.69 Å². The molecule has 1 rings (SSSR count). The number of esters is 1. The SMILES string of the molecule is [2H]C([2H])([2H])N(CC(=O)OCCCCC=C)S(=O)(=O)c1ccc([N+](=O)[O-])cc1. The monoisotopic (exact) mass is 359 g/mol. The molecule has 9 heteroatoms. The van der Waals surface area contributed by atoms with Gasteiger partial charge in [0.05, 0.1) is 16.4 Å². The number of allylic oxidation sites excluding steroid dienone is 1. The molecule has 0 saturated heterocycles. The third-order valence-electron chi connectivity index (χ3n) is 2.97. The molecule has 0 spiro atoms. The van der Waals surface area contributed by atoms with Crippen molar-refractivity contribution < 1.29 is 27.0 Å². The van der Waals surface area contributed by atoms with E-state index in [1.54, 1.807) is 6.08 Å². The summed E-state index contributed by atoms with van der Waals surface area (Å²) in [4.78, 5) is 21.3. The molecule has 24 heavy (non-hydrogen) atoms. The second kappa shape index (κ2) is 9.14. The van der Waals surface area contributed by atoms with Crippen LogP contribution in [-0.4, -0.2) is 43.7 Å². The highest BCUT2D eigenvalue weighted by molar-refractivity contribution is 7.89. The first-order valence-corrected chi connectivity index (χ1v) is 8.48. The fraction of sp³-hybridized carbons (Fsp3) is 0.400. The predicted octanol–water partition coefficient (Wildman–Crippen LogP) is 2.11. The smallest absolute Gasteiger partial charge is 0.321 e. The normalized spacial score (nSPS) is 13.6. The Hall–Kier alpha value is -2.26. The van der Waals surface area contributed by atoms with Crippen molar-refractivity contribution in [3.05, 3.63) is 47.0 Å². The van der Waals surface area contributed by atoms with Crippen molar-refractivity contribution in [1.29, 1.82) is 0 Å². The summed E-state index contributed by atoms with van der Waals surface area (Å²) in [5, 5.41) is 10.7. The number of nitrogens with zero attached hydrogens (tertiary/aromatic N) is 2. The lowest BCUT2D eigenvalue weighted by Crippen LogP contribution is -2.33. The number of nitro benzene ring substituents is 1. The zero-order valence-corrected chi connectivity index (χ0v) is 13.7. The van der Waals surface area contributed by atoms with Gasteiger partial charge in [0.1, 0.15) is 6.54 Å². The van der Waals surface area contributed by atoms with Crippen LogP contribution >= 0.6 is 0 Å². The Bertz CT molecular complexity index is 778. The third kappa shape index (κ3) is 5.74. The van der Waals surface area contributed by atoms with Crippen LogP contribution in [0.1, 0.15) is 23.4 Å². The summed E-state index contributed by atoms with van der Waals surface area (Å²) in [5.74, 6) is -1.00. The molecule has 0 unspecified atom stereocenters. The van der Waals surface area contributed by atoms with Gasteiger partial charge in [0, 0.05) is 23.2 Å². The summed E-state index contributed by atoms with van der Waals surface area (Å²) < 4.78 is 52.3. The van der Waals surface area contributed by atoms with Crippen LogP contribution in [0.25, 0.3) is 0 Å². The highest BCUT2D eigenvalue weighted by Gasteiger charge is 2.24. The van der Waals surface area contributed by atoms with E-state index in [9.17, 15) is 23.3 Å². The van der Waals surface area contributed by atoms with E-state index in [0.29, 0.717) is 6.42 Å². The van der Waals surface area contributed by atoms with E-state index in [1.807, 2.05) is 0 Å². The second-order valence-corrected chi connectivity index (χ2v) is 6.63. The highest BCUT2D eigenvalue weighted by atomic mass is 32.2. The van der Waals surface area contributed by atoms with Gasteiger partial charge in [-0.3, -0.25) is 14.9 Å². The molecule has 0 atom stereocenters. The fourth-order valence-corrected chi connectivity index (χ4v) is 2.70. The number of ether oxygens (including phenoxy) is 1. The van der Waals surface area contributed by atoms with Crippen molar-refractivity contribution in [2.75, 3.05) is 20.1 Å². The van der Waals surface area contributed by atoms with Crippen molar-refractivity contribution in [1.82, 2.24) is 4.31 Å². The van der Waals surface area contributed by atoms with Gasteiger partial charge >= 0.3 is 5.97 Å². The van der Waals surface area contributed by atoms with Gasteiger partial charge in [0.2, 0.25) is 10.0 Å². The number of nitro groups is 1. The fourth-order valence-electron chi connectivity index (χ4n) is 1.69. The molecule has 0 bridgehead atoms. The van der Waals surface area contributed by atoms with E-state index in [-0.39, 0.29) is 16.6 Å². The maximum absolute atomic E-state index is 12.6. The number of hydrogen-bond donors (Lipinski definition) is 0. The zero-order chi connectivity index (χ0) is 20.7. The summed E-state index contributed by atoms with van der Waals surface area (Å²) in [6, 6.07) is 3.69. The third-order valence-corrected chi connectivity index (χ3v) is 4.55. The average Bonchev–Trinajstić information content (AvgIpc) is 2.58. The van der Waals surface area contributed by atoms with Crippen molar-refractivity contribution in [2.24, 2.45) is 0 Å². The molecule has 0 radical (unpaired) electrons. The van der Waals surface area contributed by atoms with Crippen molar-refractivity contribution >= 4 is 21.7 Å². The summed E-state index contributed by atoms with van der Waals surface area (Å²) >= 11 is 0. The van der Waals surface area contributed by atoms with Crippen LogP contribution < -0.4 is 0 Å². The maximum Gasteiger partial charge on any atom is 0.321 e. The van der Waals surface area contributed by atoms with Crippen molar-refractivity contribution in [2.45, 2.75) is 24.2 Å². The largest absolute Gasteiger partial charge is 0.465 e. The topological polar surface area (TPSA) is 107 Å². The molecule has 132 valence electrons. The van der Waals surface area contributed by atoms with Gasteiger partial charge < -0.3 is 4.74 Å². The average molecular weight is 359 g/mol. The van der Waals surface area contributed by atoms with Gasteiger partial charge in [-0.1, -0.05) is 6.08 Å². The first-order chi connectivity index (χ1) is 12.5. The number of carbonyl (C=O) groups excluding carboxylic acids is 1. The Morgan fingerprint density at radius 2 is 2.08 bits per heavy atom. The van der Waals surface area contributed by atoms with E-state index >= 15 is 0 Å². The molecule has 0 aliphatic carbocycles. The molecule has 0 saturated carbocycles. The van der Waals surface area contributed by atoms with Crippen LogP contribution in [0.3, 0.4) is 0 Å². The number of likely N-dealkylation sites (N-methyl/N-ethyl adjacent to an activating group) is 1. The molecule has 0 fully saturated rings. The van der Waals surface area contributed by atoms with Crippen LogP contribution in [-0.2, 0) is 19.6 Å². The number of sulfonamides is 1. The van der Waals surface area contributed by atoms with Crippen LogP contribution in [0.15, 0.2) is 41.8 Å². The number of benzene rings is 1. The number of rotatable bonds is 10. The summed E-state index contributed by atoms with van der Waals surface area (Å²) in [6.45, 7) is -0.563. The molecule has 0 N–H and O–H groups in total. The number of unbranched alkanes of at least 4 members (excludes halogenated alkanes) is 2. The number of hydrogen-bond acceptors (Lipinski definition) is 6. The number of carbonyl (C=O) groups is 1. The molecule has 0 heterocycles. The minimum Gasteiger partial charge on any atom is -0.465 e. The van der Waals surface area contributed by atoms with Gasteiger partial charge in [0.25, 0.3) is 5.69 Å². The lowest BCUT2D eigenvalue weighted by atomic mass is 10.2. The van der Waals surface area contributed by atoms with E-state index in [0.717, 1.165) is 37.1 Å². The first-order valence-electron chi connectivity index (χ1n) is 8.54. The highest BCUT2D eigenvalue weighted by Crippen LogP contribution is 2.18. The van der Waals surface area contributed by atoms with Crippen molar-refractivity contribution in [3.63, 3.8) is 0 Å². The molecular formula is C15H20N2O6S. The van der Waals surface area contributed by atoms with Gasteiger partial charge in [-0.05, 0) is 31.4 Å². The van der Waals surface area contributed by atoms with Crippen LogP contribution in [0.5, 0.6) is 0 Å².